The molecule has 5 heterocycles. The van der Waals surface area contributed by atoms with Crippen LogP contribution in [0.3, 0.4) is 0 Å². The van der Waals surface area contributed by atoms with Gasteiger partial charge in [0.1, 0.15) is 23.9 Å². The van der Waals surface area contributed by atoms with Gasteiger partial charge >= 0.3 is 0 Å². The second-order valence-electron chi connectivity index (χ2n) is 14.4. The number of aliphatic hydroxyl groups is 1. The number of fused-ring (bicyclic) bond motifs is 2. The molecule has 2 aromatic carbocycles. The number of rotatable bonds is 13. The highest BCUT2D eigenvalue weighted by atomic mass is 16.3. The molecule has 16 heteroatoms. The number of imide groups is 2. The molecule has 0 spiro atoms. The topological polar surface area (TPSA) is 206 Å². The third kappa shape index (κ3) is 8.65. The van der Waals surface area contributed by atoms with Crippen LogP contribution in [-0.2, 0) is 27.3 Å². The molecule has 6 amide bonds. The number of benzene rings is 2. The van der Waals surface area contributed by atoms with Gasteiger partial charge in [-0.25, -0.2) is 9.97 Å². The van der Waals surface area contributed by atoms with E-state index in [1.807, 2.05) is 17.0 Å². The fourth-order valence-electron chi connectivity index (χ4n) is 7.70. The highest BCUT2D eigenvalue weighted by Gasteiger charge is 2.45. The fraction of sp³-hybridized carbons (Fsp3) is 0.436. The minimum absolute atomic E-state index is 0.0158. The van der Waals surface area contributed by atoms with Crippen LogP contribution in [0.4, 0.5) is 11.5 Å². The van der Waals surface area contributed by atoms with E-state index in [4.69, 9.17) is 0 Å². The number of aromatic nitrogens is 2. The first-order chi connectivity index (χ1) is 26.6. The summed E-state index contributed by atoms with van der Waals surface area (Å²) in [4.78, 5) is 89.7. The number of likely N-dealkylation sites (tertiary alicyclic amines) is 1. The Morgan fingerprint density at radius 1 is 0.927 bits per heavy atom. The molecule has 2 atom stereocenters. The van der Waals surface area contributed by atoms with Crippen molar-refractivity contribution in [1.29, 1.82) is 0 Å². The molecule has 7 rings (SSSR count). The number of anilines is 2. The molecule has 1 unspecified atom stereocenters. The third-order valence-electron chi connectivity index (χ3n) is 10.6. The summed E-state index contributed by atoms with van der Waals surface area (Å²) in [5.41, 5.74) is 3.63. The Morgan fingerprint density at radius 3 is 2.53 bits per heavy atom. The molecule has 16 nitrogen and oxygen atoms in total. The van der Waals surface area contributed by atoms with Gasteiger partial charge in [-0.15, -0.1) is 0 Å². The van der Waals surface area contributed by atoms with Crippen molar-refractivity contribution in [3.63, 3.8) is 0 Å². The largest absolute Gasteiger partial charge is 0.390 e. The first-order valence-electron chi connectivity index (χ1n) is 18.8. The number of amides is 6. The van der Waals surface area contributed by atoms with Gasteiger partial charge in [0, 0.05) is 76.5 Å². The van der Waals surface area contributed by atoms with Gasteiger partial charge in [0.25, 0.3) is 17.7 Å². The molecular formula is C39H45N9O7. The van der Waals surface area contributed by atoms with Gasteiger partial charge in [-0.2, -0.15) is 0 Å². The maximum absolute atomic E-state index is 13.3. The summed E-state index contributed by atoms with van der Waals surface area (Å²) in [7, 11) is 0. The van der Waals surface area contributed by atoms with E-state index in [2.05, 4.69) is 48.3 Å². The lowest BCUT2D eigenvalue weighted by Gasteiger charge is -2.32. The van der Waals surface area contributed by atoms with Crippen LogP contribution in [0.5, 0.6) is 0 Å². The molecule has 1 aromatic heterocycles. The Balaban J connectivity index is 0.816. The molecule has 5 N–H and O–H groups in total. The maximum atomic E-state index is 13.3. The summed E-state index contributed by atoms with van der Waals surface area (Å²) in [5.74, 6) is -2.12. The second-order valence-corrected chi connectivity index (χ2v) is 14.4. The second kappa shape index (κ2) is 16.7. The van der Waals surface area contributed by atoms with Gasteiger partial charge in [0.05, 0.1) is 17.2 Å². The monoisotopic (exact) mass is 751 g/mol. The van der Waals surface area contributed by atoms with Crippen molar-refractivity contribution in [1.82, 2.24) is 35.3 Å². The Bertz CT molecular complexity index is 1980. The Hall–Kier alpha value is -5.74. The molecule has 3 aromatic rings. The summed E-state index contributed by atoms with van der Waals surface area (Å²) < 4.78 is 0. The Labute approximate surface area is 318 Å². The van der Waals surface area contributed by atoms with Crippen LogP contribution in [0.15, 0.2) is 54.9 Å². The van der Waals surface area contributed by atoms with E-state index in [0.717, 1.165) is 24.4 Å². The van der Waals surface area contributed by atoms with E-state index in [-0.39, 0.29) is 48.2 Å². The van der Waals surface area contributed by atoms with Gasteiger partial charge in [0.2, 0.25) is 17.7 Å². The highest BCUT2D eigenvalue weighted by molar-refractivity contribution is 6.25. The highest BCUT2D eigenvalue weighted by Crippen LogP contribution is 2.32. The maximum Gasteiger partial charge on any atom is 0.270 e. The van der Waals surface area contributed by atoms with E-state index in [1.54, 1.807) is 24.3 Å². The number of nitrogens with one attached hydrogen (secondary N) is 4. The summed E-state index contributed by atoms with van der Waals surface area (Å²) in [6, 6.07) is 13.8. The molecule has 4 aliphatic rings. The average molecular weight is 752 g/mol. The average Bonchev–Trinajstić information content (AvgIpc) is 3.44. The summed E-state index contributed by atoms with van der Waals surface area (Å²) in [6.45, 7) is 3.69. The zero-order chi connectivity index (χ0) is 38.5. The molecule has 55 heavy (non-hydrogen) atoms. The molecule has 0 saturated carbocycles. The van der Waals surface area contributed by atoms with Crippen molar-refractivity contribution in [2.24, 2.45) is 0 Å². The molecule has 2 fully saturated rings. The van der Waals surface area contributed by atoms with E-state index < -0.39 is 41.7 Å². The minimum Gasteiger partial charge on any atom is -0.390 e. The van der Waals surface area contributed by atoms with E-state index >= 15 is 0 Å². The molecular weight excluding hydrogens is 706 g/mol. The normalized spacial score (nSPS) is 19.4. The van der Waals surface area contributed by atoms with Gasteiger partial charge < -0.3 is 26.0 Å². The molecule has 0 radical (unpaired) electrons. The van der Waals surface area contributed by atoms with Crippen LogP contribution in [0.1, 0.15) is 80.9 Å². The van der Waals surface area contributed by atoms with Gasteiger partial charge in [-0.05, 0) is 55.4 Å². The van der Waals surface area contributed by atoms with E-state index in [9.17, 15) is 33.9 Å². The zero-order valence-electron chi connectivity index (χ0n) is 30.5. The predicted octanol–water partition coefficient (Wildman–Crippen LogP) is 1.32. The molecule has 0 aliphatic carbocycles. The smallest absolute Gasteiger partial charge is 0.270 e. The summed E-state index contributed by atoms with van der Waals surface area (Å²) in [5, 5.41) is 22.1. The van der Waals surface area contributed by atoms with Crippen molar-refractivity contribution in [2.75, 3.05) is 49.9 Å². The quantitative estimate of drug-likeness (QED) is 0.124. The Morgan fingerprint density at radius 2 is 1.73 bits per heavy atom. The predicted molar refractivity (Wildman–Crippen MR) is 200 cm³/mol. The van der Waals surface area contributed by atoms with Crippen molar-refractivity contribution in [3.05, 3.63) is 82.8 Å². The molecule has 2 saturated heterocycles. The fourth-order valence-corrected chi connectivity index (χ4v) is 7.70. The van der Waals surface area contributed by atoms with Gasteiger partial charge in [-0.3, -0.25) is 43.9 Å². The lowest BCUT2D eigenvalue weighted by molar-refractivity contribution is -0.136. The number of carbonyl (C=O) groups is 6. The first-order valence-corrected chi connectivity index (χ1v) is 18.8. The number of carbonyl (C=O) groups excluding carboxylic acids is 6. The first kappa shape index (κ1) is 37.6. The van der Waals surface area contributed by atoms with Crippen LogP contribution in [0.25, 0.3) is 0 Å². The number of piperidine rings is 2. The number of β-amino-alcohol motifs (C(OH)–C–C–N with tert-alkyl or cyclic N) is 1. The zero-order valence-corrected chi connectivity index (χ0v) is 30.5. The number of aliphatic hydroxyl groups excluding tert-OH is 1. The minimum atomic E-state index is -1.04. The van der Waals surface area contributed by atoms with Crippen molar-refractivity contribution in [2.45, 2.75) is 69.7 Å². The molecule has 0 bridgehead atoms. The third-order valence-corrected chi connectivity index (χ3v) is 10.6. The summed E-state index contributed by atoms with van der Waals surface area (Å²) >= 11 is 0. The van der Waals surface area contributed by atoms with Crippen LogP contribution in [0.2, 0.25) is 0 Å². The SMILES string of the molecule is O=C1CCC(N2C(=O)c3cccc(NCCCC(=O)N4CCC(Nc5cc(C(=O)NC[C@H](O)CN6CCc7ccccc7C6)ncn5)CC4)c3C2=O)C(=O)N1. The Kier molecular flexibility index (Phi) is 11.4. The van der Waals surface area contributed by atoms with Crippen molar-refractivity contribution >= 4 is 46.9 Å². The number of hydrogen-bond donors (Lipinski definition) is 5. The van der Waals surface area contributed by atoms with Crippen LogP contribution < -0.4 is 21.3 Å². The lowest BCUT2D eigenvalue weighted by Crippen LogP contribution is -2.54. The summed E-state index contributed by atoms with van der Waals surface area (Å²) in [6.07, 6.45) is 3.84. The standard InChI is InChI=1S/C39H45N9O7/c49-27(22-46-16-12-24-5-1-2-6-25(24)21-46)20-41-36(52)30-19-32(43-23-42-30)44-26-13-17-47(18-14-26)34(51)9-4-15-40-29-8-3-7-28-35(29)39(55)48(38(28)54)31-10-11-33(50)45-37(31)53/h1-3,5-8,19,23,26-27,31,40,49H,4,9-18,20-22H2,(H,41,52)(H,42,43,44)(H,45,50,53)/t27-,31?/m0/s1. The van der Waals surface area contributed by atoms with E-state index in [1.165, 1.54) is 17.5 Å². The number of nitrogens with zero attached hydrogens (tertiary/aromatic N) is 5. The number of hydrogen-bond acceptors (Lipinski definition) is 12. The van der Waals surface area contributed by atoms with Gasteiger partial charge in [0.15, 0.2) is 0 Å². The molecule has 4 aliphatic heterocycles. The van der Waals surface area contributed by atoms with Crippen LogP contribution in [0, 0.1) is 0 Å². The van der Waals surface area contributed by atoms with Crippen LogP contribution >= 0.6 is 0 Å². The lowest BCUT2D eigenvalue weighted by atomic mass is 10.00. The van der Waals surface area contributed by atoms with Crippen LogP contribution in [-0.4, -0.2) is 123 Å². The molecule has 288 valence electrons. The van der Waals surface area contributed by atoms with Crippen molar-refractivity contribution < 1.29 is 33.9 Å². The van der Waals surface area contributed by atoms with E-state index in [0.29, 0.717) is 63.4 Å². The van der Waals surface area contributed by atoms with Gasteiger partial charge in [-0.1, -0.05) is 30.3 Å². The van der Waals surface area contributed by atoms with Crippen molar-refractivity contribution in [3.8, 4) is 0 Å².